The van der Waals surface area contributed by atoms with Gasteiger partial charge in [0.05, 0.1) is 25.2 Å². The molecular weight excluding hydrogens is 260 g/mol. The highest BCUT2D eigenvalue weighted by molar-refractivity contribution is 5.69. The molecule has 1 rings (SSSR count). The summed E-state index contributed by atoms with van der Waals surface area (Å²) >= 11 is 0. The lowest BCUT2D eigenvalue weighted by atomic mass is 9.82. The van der Waals surface area contributed by atoms with Gasteiger partial charge in [-0.05, 0) is 32.1 Å². The summed E-state index contributed by atoms with van der Waals surface area (Å²) in [5.74, 6) is -0.294. The number of rotatable bonds is 7. The number of esters is 1. The standard InChI is InChI=1S/C15H28O5/c1-5-10(12(16)7-13(17)19-4)8-15(3)9-11(6-2)14(18)20-15/h10-12,14,16,18H,5-9H2,1-4H3/t10-,11-,12-,14?,15-/m1/s1. The smallest absolute Gasteiger partial charge is 0.308 e. The average Bonchev–Trinajstić information content (AvgIpc) is 2.70. The number of carbonyl (C=O) groups is 1. The molecule has 0 amide bonds. The molecule has 1 fully saturated rings. The lowest BCUT2D eigenvalue weighted by Crippen LogP contribution is -2.34. The first-order valence-electron chi connectivity index (χ1n) is 7.46. The van der Waals surface area contributed by atoms with Gasteiger partial charge in [0.15, 0.2) is 6.29 Å². The molecule has 1 aliphatic heterocycles. The van der Waals surface area contributed by atoms with E-state index in [9.17, 15) is 15.0 Å². The van der Waals surface area contributed by atoms with Crippen LogP contribution in [-0.4, -0.2) is 41.3 Å². The largest absolute Gasteiger partial charge is 0.469 e. The first-order valence-corrected chi connectivity index (χ1v) is 7.46. The minimum Gasteiger partial charge on any atom is -0.469 e. The van der Waals surface area contributed by atoms with Crippen molar-refractivity contribution in [2.45, 2.75) is 70.9 Å². The molecule has 0 spiro atoms. The van der Waals surface area contributed by atoms with Crippen LogP contribution >= 0.6 is 0 Å². The van der Waals surface area contributed by atoms with Crippen LogP contribution in [0.5, 0.6) is 0 Å². The summed E-state index contributed by atoms with van der Waals surface area (Å²) in [5.41, 5.74) is -0.433. The van der Waals surface area contributed by atoms with E-state index in [-0.39, 0.29) is 18.3 Å². The van der Waals surface area contributed by atoms with Gasteiger partial charge in [0.2, 0.25) is 0 Å². The quantitative estimate of drug-likeness (QED) is 0.699. The lowest BCUT2D eigenvalue weighted by Gasteiger charge is -2.31. The van der Waals surface area contributed by atoms with Gasteiger partial charge in [0.25, 0.3) is 0 Å². The Balaban J connectivity index is 2.61. The van der Waals surface area contributed by atoms with Gasteiger partial charge in [-0.3, -0.25) is 4.79 Å². The fraction of sp³-hybridized carbons (Fsp3) is 0.933. The molecule has 0 radical (unpaired) electrons. The third kappa shape index (κ3) is 4.43. The van der Waals surface area contributed by atoms with E-state index in [0.717, 1.165) is 19.3 Å². The molecule has 0 aliphatic carbocycles. The van der Waals surface area contributed by atoms with Crippen molar-refractivity contribution >= 4 is 5.97 Å². The van der Waals surface area contributed by atoms with Gasteiger partial charge >= 0.3 is 5.97 Å². The van der Waals surface area contributed by atoms with E-state index in [1.165, 1.54) is 7.11 Å². The Hall–Kier alpha value is -0.650. The average molecular weight is 288 g/mol. The second-order valence-corrected chi connectivity index (χ2v) is 6.05. The van der Waals surface area contributed by atoms with Crippen LogP contribution in [0.4, 0.5) is 0 Å². The van der Waals surface area contributed by atoms with Crippen LogP contribution in [0.2, 0.25) is 0 Å². The molecule has 0 saturated carbocycles. The van der Waals surface area contributed by atoms with Crippen molar-refractivity contribution in [3.05, 3.63) is 0 Å². The van der Waals surface area contributed by atoms with Crippen molar-refractivity contribution in [2.24, 2.45) is 11.8 Å². The van der Waals surface area contributed by atoms with Crippen LogP contribution in [0.3, 0.4) is 0 Å². The molecular formula is C15H28O5. The number of aliphatic hydroxyl groups excluding tert-OH is 2. The normalized spacial score (nSPS) is 32.9. The SMILES string of the molecule is CC[C@@H]1C[C@@](C)(C[C@@H](CC)[C@H](O)CC(=O)OC)OC1O. The Labute approximate surface area is 121 Å². The molecule has 0 aromatic rings. The molecule has 1 aliphatic rings. The van der Waals surface area contributed by atoms with E-state index in [4.69, 9.17) is 4.74 Å². The first-order chi connectivity index (χ1) is 9.35. The Kier molecular flexibility index (Phi) is 6.43. The Morgan fingerprint density at radius 3 is 2.60 bits per heavy atom. The fourth-order valence-electron chi connectivity index (χ4n) is 3.10. The van der Waals surface area contributed by atoms with Crippen LogP contribution in [0.1, 0.15) is 52.9 Å². The number of hydrogen-bond donors (Lipinski definition) is 2. The monoisotopic (exact) mass is 288 g/mol. The summed E-state index contributed by atoms with van der Waals surface area (Å²) in [4.78, 5) is 11.3. The first kappa shape index (κ1) is 17.4. The number of ether oxygens (including phenoxy) is 2. The molecule has 1 saturated heterocycles. The molecule has 20 heavy (non-hydrogen) atoms. The van der Waals surface area contributed by atoms with E-state index in [0.29, 0.717) is 6.42 Å². The number of aliphatic hydroxyl groups is 2. The summed E-state index contributed by atoms with van der Waals surface area (Å²) in [6, 6.07) is 0. The second kappa shape index (κ2) is 7.38. The molecule has 1 heterocycles. The van der Waals surface area contributed by atoms with Crippen molar-refractivity contribution in [1.29, 1.82) is 0 Å². The van der Waals surface area contributed by atoms with Crippen LogP contribution < -0.4 is 0 Å². The highest BCUT2D eigenvalue weighted by Crippen LogP contribution is 2.41. The van der Waals surface area contributed by atoms with Crippen molar-refractivity contribution in [1.82, 2.24) is 0 Å². The predicted molar refractivity (Wildman–Crippen MR) is 74.9 cm³/mol. The van der Waals surface area contributed by atoms with Crippen LogP contribution in [0, 0.1) is 11.8 Å². The van der Waals surface area contributed by atoms with Gasteiger partial charge in [-0.2, -0.15) is 0 Å². The highest BCUT2D eigenvalue weighted by atomic mass is 16.6. The third-order valence-corrected chi connectivity index (χ3v) is 4.39. The Bertz CT molecular complexity index is 319. The Morgan fingerprint density at radius 2 is 2.15 bits per heavy atom. The van der Waals surface area contributed by atoms with Crippen molar-refractivity contribution in [2.75, 3.05) is 7.11 Å². The number of carbonyl (C=O) groups excluding carboxylic acids is 1. The second-order valence-electron chi connectivity index (χ2n) is 6.05. The van der Waals surface area contributed by atoms with Gasteiger partial charge in [0.1, 0.15) is 0 Å². The molecule has 0 bridgehead atoms. The zero-order chi connectivity index (χ0) is 15.3. The summed E-state index contributed by atoms with van der Waals surface area (Å²) in [6.45, 7) is 5.99. The minimum absolute atomic E-state index is 0.00481. The summed E-state index contributed by atoms with van der Waals surface area (Å²) in [7, 11) is 1.32. The van der Waals surface area contributed by atoms with E-state index >= 15 is 0 Å². The number of methoxy groups -OCH3 is 1. The van der Waals surface area contributed by atoms with Gasteiger partial charge in [0, 0.05) is 5.92 Å². The molecule has 5 atom stereocenters. The summed E-state index contributed by atoms with van der Waals surface area (Å²) in [6.07, 6.45) is 1.60. The topological polar surface area (TPSA) is 76.0 Å². The van der Waals surface area contributed by atoms with Crippen LogP contribution in [0.25, 0.3) is 0 Å². The molecule has 2 N–H and O–H groups in total. The van der Waals surface area contributed by atoms with Gasteiger partial charge in [-0.15, -0.1) is 0 Å². The fourth-order valence-corrected chi connectivity index (χ4v) is 3.10. The van der Waals surface area contributed by atoms with E-state index in [2.05, 4.69) is 4.74 Å². The molecule has 0 aromatic carbocycles. The summed E-state index contributed by atoms with van der Waals surface area (Å²) in [5, 5.41) is 20.0. The van der Waals surface area contributed by atoms with E-state index < -0.39 is 24.0 Å². The van der Waals surface area contributed by atoms with Crippen LogP contribution in [-0.2, 0) is 14.3 Å². The maximum absolute atomic E-state index is 11.3. The van der Waals surface area contributed by atoms with E-state index in [1.54, 1.807) is 0 Å². The van der Waals surface area contributed by atoms with Crippen molar-refractivity contribution in [3.63, 3.8) is 0 Å². The van der Waals surface area contributed by atoms with Gasteiger partial charge < -0.3 is 19.7 Å². The zero-order valence-corrected chi connectivity index (χ0v) is 13.0. The van der Waals surface area contributed by atoms with E-state index in [1.807, 2.05) is 20.8 Å². The summed E-state index contributed by atoms with van der Waals surface area (Å²) < 4.78 is 10.3. The van der Waals surface area contributed by atoms with Gasteiger partial charge in [-0.25, -0.2) is 0 Å². The molecule has 5 nitrogen and oxygen atoms in total. The third-order valence-electron chi connectivity index (χ3n) is 4.39. The predicted octanol–water partition coefficient (Wildman–Crippen LogP) is 1.85. The maximum atomic E-state index is 11.3. The Morgan fingerprint density at radius 1 is 1.50 bits per heavy atom. The van der Waals surface area contributed by atoms with Crippen molar-refractivity contribution in [3.8, 4) is 0 Å². The maximum Gasteiger partial charge on any atom is 0.308 e. The highest BCUT2D eigenvalue weighted by Gasteiger charge is 2.43. The molecule has 5 heteroatoms. The molecule has 0 aromatic heterocycles. The lowest BCUT2D eigenvalue weighted by molar-refractivity contribution is -0.154. The number of hydrogen-bond acceptors (Lipinski definition) is 5. The van der Waals surface area contributed by atoms with Crippen LogP contribution in [0.15, 0.2) is 0 Å². The van der Waals surface area contributed by atoms with Crippen molar-refractivity contribution < 1.29 is 24.5 Å². The molecule has 118 valence electrons. The molecule has 1 unspecified atom stereocenters. The zero-order valence-electron chi connectivity index (χ0n) is 13.0. The minimum atomic E-state index is -0.731. The van der Waals surface area contributed by atoms with Gasteiger partial charge in [-0.1, -0.05) is 20.3 Å².